The van der Waals surface area contributed by atoms with E-state index in [1.54, 1.807) is 4.57 Å². The molecule has 1 aromatic carbocycles. The first-order valence-electron chi connectivity index (χ1n) is 11.1. The summed E-state index contributed by atoms with van der Waals surface area (Å²) >= 11 is 0. The summed E-state index contributed by atoms with van der Waals surface area (Å²) in [4.78, 5) is 25.5. The van der Waals surface area contributed by atoms with E-state index in [0.717, 1.165) is 23.8 Å². The van der Waals surface area contributed by atoms with E-state index in [2.05, 4.69) is 33.0 Å². The van der Waals surface area contributed by atoms with Crippen molar-refractivity contribution in [1.82, 2.24) is 9.88 Å². The number of benzene rings is 1. The van der Waals surface area contributed by atoms with Crippen LogP contribution < -0.4 is 15.6 Å². The molecule has 0 aliphatic heterocycles. The van der Waals surface area contributed by atoms with Gasteiger partial charge in [-0.3, -0.25) is 4.79 Å². The SMILES string of the molecule is CCCCOc1c(C(NC(=O)O)C(C)(C)C)n(CC(C)(C)C)c(=O)c2cc(C)ccc12. The van der Waals surface area contributed by atoms with E-state index < -0.39 is 17.6 Å². The number of carbonyl (C=O) groups is 1. The fourth-order valence-electron chi connectivity index (χ4n) is 3.76. The van der Waals surface area contributed by atoms with Crippen LogP contribution in [0.3, 0.4) is 0 Å². The molecule has 0 radical (unpaired) electrons. The number of unbranched alkanes of at least 4 members (excludes halogenated alkanes) is 1. The van der Waals surface area contributed by atoms with Gasteiger partial charge in [0.15, 0.2) is 0 Å². The normalized spacial score (nSPS) is 13.3. The molecule has 1 heterocycles. The van der Waals surface area contributed by atoms with Crippen molar-refractivity contribution >= 4 is 16.9 Å². The van der Waals surface area contributed by atoms with Gasteiger partial charge in [-0.2, -0.15) is 0 Å². The second-order valence-electron chi connectivity index (χ2n) is 10.7. The summed E-state index contributed by atoms with van der Waals surface area (Å²) in [5.41, 5.74) is 0.805. The monoisotopic (exact) mass is 430 g/mol. The summed E-state index contributed by atoms with van der Waals surface area (Å²) in [5, 5.41) is 13.6. The summed E-state index contributed by atoms with van der Waals surface area (Å²) in [6.07, 6.45) is 0.722. The van der Waals surface area contributed by atoms with Gasteiger partial charge in [0, 0.05) is 11.9 Å². The van der Waals surface area contributed by atoms with Crippen LogP contribution in [-0.4, -0.2) is 22.4 Å². The molecule has 0 bridgehead atoms. The fourth-order valence-corrected chi connectivity index (χ4v) is 3.76. The number of ether oxygens (including phenoxy) is 1. The molecule has 0 spiro atoms. The van der Waals surface area contributed by atoms with E-state index in [-0.39, 0.29) is 11.0 Å². The Bertz CT molecular complexity index is 994. The maximum Gasteiger partial charge on any atom is 0.405 e. The maximum atomic E-state index is 13.7. The Morgan fingerprint density at radius 2 is 1.81 bits per heavy atom. The third-order valence-corrected chi connectivity index (χ3v) is 5.20. The zero-order valence-corrected chi connectivity index (χ0v) is 20.3. The van der Waals surface area contributed by atoms with E-state index in [0.29, 0.717) is 30.0 Å². The minimum atomic E-state index is -1.13. The Morgan fingerprint density at radius 3 is 2.32 bits per heavy atom. The van der Waals surface area contributed by atoms with Crippen molar-refractivity contribution in [3.8, 4) is 5.75 Å². The van der Waals surface area contributed by atoms with Crippen LogP contribution in [0.4, 0.5) is 4.79 Å². The van der Waals surface area contributed by atoms with Gasteiger partial charge in [0.1, 0.15) is 5.75 Å². The smallest absolute Gasteiger partial charge is 0.405 e. The van der Waals surface area contributed by atoms with E-state index in [1.165, 1.54) is 0 Å². The van der Waals surface area contributed by atoms with Gasteiger partial charge in [0.2, 0.25) is 0 Å². The molecule has 31 heavy (non-hydrogen) atoms. The molecule has 1 amide bonds. The van der Waals surface area contributed by atoms with E-state index in [4.69, 9.17) is 4.74 Å². The van der Waals surface area contributed by atoms with Crippen LogP contribution >= 0.6 is 0 Å². The Kier molecular flexibility index (Phi) is 7.45. The van der Waals surface area contributed by atoms with Gasteiger partial charge >= 0.3 is 6.09 Å². The molecule has 0 aliphatic rings. The predicted molar refractivity (Wildman–Crippen MR) is 126 cm³/mol. The van der Waals surface area contributed by atoms with Crippen LogP contribution in [0.25, 0.3) is 10.8 Å². The number of rotatable bonds is 7. The van der Waals surface area contributed by atoms with Crippen LogP contribution in [0.5, 0.6) is 5.75 Å². The lowest BCUT2D eigenvalue weighted by Gasteiger charge is -2.35. The van der Waals surface area contributed by atoms with Gasteiger partial charge in [-0.15, -0.1) is 0 Å². The van der Waals surface area contributed by atoms with Gasteiger partial charge in [-0.25, -0.2) is 4.79 Å². The Labute approximate surface area is 185 Å². The van der Waals surface area contributed by atoms with Gasteiger partial charge in [0.05, 0.1) is 23.7 Å². The molecule has 0 fully saturated rings. The highest BCUT2D eigenvalue weighted by molar-refractivity contribution is 5.89. The molecule has 2 N–H and O–H groups in total. The molecular weight excluding hydrogens is 392 g/mol. The first kappa shape index (κ1) is 24.8. The molecule has 2 rings (SSSR count). The molecule has 1 unspecified atom stereocenters. The lowest BCUT2D eigenvalue weighted by Crippen LogP contribution is -2.41. The lowest BCUT2D eigenvalue weighted by atomic mass is 9.83. The highest BCUT2D eigenvalue weighted by Gasteiger charge is 2.35. The number of aryl methyl sites for hydroxylation is 1. The quantitative estimate of drug-likeness (QED) is 0.537. The standard InChI is InChI=1S/C25H38N2O4/c1-9-10-13-31-20-17-12-11-16(2)14-18(17)22(28)27(15-24(3,4)5)19(20)21(25(6,7)8)26-23(29)30/h11-12,14,21,26H,9-10,13,15H2,1-8H3,(H,29,30). The molecule has 0 saturated heterocycles. The summed E-state index contributed by atoms with van der Waals surface area (Å²) in [6, 6.07) is 5.15. The topological polar surface area (TPSA) is 80.6 Å². The molecule has 1 aromatic heterocycles. The van der Waals surface area contributed by atoms with Crippen LogP contribution in [0, 0.1) is 17.8 Å². The number of carboxylic acid groups (broad SMARTS) is 1. The van der Waals surface area contributed by atoms with E-state index in [1.807, 2.05) is 45.9 Å². The summed E-state index contributed by atoms with van der Waals surface area (Å²) in [7, 11) is 0. The third kappa shape index (κ3) is 6.02. The third-order valence-electron chi connectivity index (χ3n) is 5.20. The van der Waals surface area contributed by atoms with Crippen LogP contribution in [0.2, 0.25) is 0 Å². The molecule has 6 heteroatoms. The predicted octanol–water partition coefficient (Wildman–Crippen LogP) is 5.89. The van der Waals surface area contributed by atoms with Gasteiger partial charge in [-0.1, -0.05) is 72.6 Å². The fraction of sp³-hybridized carbons (Fsp3) is 0.600. The molecule has 6 nitrogen and oxygen atoms in total. The highest BCUT2D eigenvalue weighted by atomic mass is 16.5. The first-order valence-corrected chi connectivity index (χ1v) is 11.1. The second kappa shape index (κ2) is 9.33. The van der Waals surface area contributed by atoms with Crippen molar-refractivity contribution in [3.63, 3.8) is 0 Å². The van der Waals surface area contributed by atoms with Crippen LogP contribution in [0.1, 0.15) is 78.6 Å². The first-order chi connectivity index (χ1) is 14.3. The Balaban J connectivity index is 2.99. The van der Waals surface area contributed by atoms with Crippen molar-refractivity contribution in [2.45, 2.75) is 80.8 Å². The number of pyridine rings is 1. The second-order valence-corrected chi connectivity index (χ2v) is 10.7. The van der Waals surface area contributed by atoms with Crippen molar-refractivity contribution in [2.75, 3.05) is 6.61 Å². The van der Waals surface area contributed by atoms with Gasteiger partial charge in [0.25, 0.3) is 5.56 Å². The highest BCUT2D eigenvalue weighted by Crippen LogP contribution is 2.41. The molecule has 172 valence electrons. The number of amides is 1. The van der Waals surface area contributed by atoms with Crippen molar-refractivity contribution in [1.29, 1.82) is 0 Å². The molecule has 0 saturated carbocycles. The summed E-state index contributed by atoms with van der Waals surface area (Å²) in [6.45, 7) is 17.1. The number of aromatic nitrogens is 1. The summed E-state index contributed by atoms with van der Waals surface area (Å²) < 4.78 is 8.04. The average molecular weight is 431 g/mol. The molecule has 2 aromatic rings. The molecular formula is C25H38N2O4. The number of nitrogens with one attached hydrogen (secondary N) is 1. The van der Waals surface area contributed by atoms with Crippen molar-refractivity contribution in [3.05, 3.63) is 39.8 Å². The lowest BCUT2D eigenvalue weighted by molar-refractivity contribution is 0.169. The Morgan fingerprint density at radius 1 is 1.16 bits per heavy atom. The Hall–Kier alpha value is -2.50. The van der Waals surface area contributed by atoms with E-state index >= 15 is 0 Å². The number of hydrogen-bond acceptors (Lipinski definition) is 3. The van der Waals surface area contributed by atoms with Crippen LogP contribution in [-0.2, 0) is 6.54 Å². The zero-order chi connectivity index (χ0) is 23.6. The maximum absolute atomic E-state index is 13.7. The zero-order valence-electron chi connectivity index (χ0n) is 20.3. The van der Waals surface area contributed by atoms with Gasteiger partial charge < -0.3 is 19.7 Å². The van der Waals surface area contributed by atoms with E-state index in [9.17, 15) is 14.7 Å². The molecule has 0 aliphatic carbocycles. The van der Waals surface area contributed by atoms with Crippen molar-refractivity contribution in [2.24, 2.45) is 10.8 Å². The number of fused-ring (bicyclic) bond motifs is 1. The van der Waals surface area contributed by atoms with Crippen molar-refractivity contribution < 1.29 is 14.6 Å². The minimum absolute atomic E-state index is 0.118. The number of hydrogen-bond donors (Lipinski definition) is 2. The van der Waals surface area contributed by atoms with Gasteiger partial charge in [-0.05, 0) is 30.2 Å². The van der Waals surface area contributed by atoms with Crippen LogP contribution in [0.15, 0.2) is 23.0 Å². The summed E-state index contributed by atoms with van der Waals surface area (Å²) in [5.74, 6) is 0.598. The minimum Gasteiger partial charge on any atom is -0.491 e. The average Bonchev–Trinajstić information content (AvgIpc) is 2.62. The molecule has 1 atom stereocenters. The largest absolute Gasteiger partial charge is 0.491 e. The number of nitrogens with zero attached hydrogens (tertiary/aromatic N) is 1.